The number of benzene rings is 3. The van der Waals surface area contributed by atoms with Crippen molar-refractivity contribution in [1.82, 2.24) is 10.2 Å². The summed E-state index contributed by atoms with van der Waals surface area (Å²) in [6.45, 7) is 7.22. The summed E-state index contributed by atoms with van der Waals surface area (Å²) in [6, 6.07) is 17.5. The van der Waals surface area contributed by atoms with Gasteiger partial charge < -0.3 is 25.4 Å². The van der Waals surface area contributed by atoms with Crippen LogP contribution in [-0.4, -0.2) is 51.4 Å². The van der Waals surface area contributed by atoms with Crippen molar-refractivity contribution in [2.75, 3.05) is 11.1 Å². The van der Waals surface area contributed by atoms with Crippen LogP contribution in [0.2, 0.25) is 0 Å². The number of aromatic hydroxyl groups is 1. The summed E-state index contributed by atoms with van der Waals surface area (Å²) in [6.07, 6.45) is -0.0181. The Labute approximate surface area is 234 Å². The Morgan fingerprint density at radius 2 is 1.69 bits per heavy atom. The lowest BCUT2D eigenvalue weighted by atomic mass is 10.0. The van der Waals surface area contributed by atoms with Gasteiger partial charge in [-0.15, -0.1) is 0 Å². The number of nitrogens with zero attached hydrogens (tertiary/aromatic N) is 1. The highest BCUT2D eigenvalue weighted by molar-refractivity contribution is 7.80. The summed E-state index contributed by atoms with van der Waals surface area (Å²) >= 11 is 4.33. The second-order valence-electron chi connectivity index (χ2n) is 11.0. The van der Waals surface area contributed by atoms with Gasteiger partial charge in [-0.2, -0.15) is 12.6 Å². The fourth-order valence-electron chi connectivity index (χ4n) is 4.56. The number of carbonyl (C=O) groups excluding carboxylic acids is 3. The average molecular weight is 550 g/mol. The summed E-state index contributed by atoms with van der Waals surface area (Å²) in [7, 11) is 0. The van der Waals surface area contributed by atoms with E-state index in [1.54, 1.807) is 37.8 Å². The molecule has 1 fully saturated rings. The van der Waals surface area contributed by atoms with Gasteiger partial charge in [-0.3, -0.25) is 9.59 Å². The van der Waals surface area contributed by atoms with Gasteiger partial charge in [0.15, 0.2) is 0 Å². The number of fused-ring (bicyclic) bond motifs is 1. The van der Waals surface area contributed by atoms with Crippen molar-refractivity contribution in [2.45, 2.75) is 57.8 Å². The number of anilines is 1. The van der Waals surface area contributed by atoms with Gasteiger partial charge >= 0.3 is 6.09 Å². The molecular weight excluding hydrogens is 514 g/mol. The monoisotopic (exact) mass is 549 g/mol. The maximum Gasteiger partial charge on any atom is 0.408 e. The van der Waals surface area contributed by atoms with E-state index >= 15 is 0 Å². The third-order valence-electron chi connectivity index (χ3n) is 6.60. The van der Waals surface area contributed by atoms with Crippen molar-refractivity contribution in [3.63, 3.8) is 0 Å². The predicted octanol–water partition coefficient (Wildman–Crippen LogP) is 5.29. The molecule has 4 unspecified atom stereocenters. The van der Waals surface area contributed by atoms with Crippen LogP contribution in [0.15, 0.2) is 66.7 Å². The Bertz CT molecular complexity index is 1350. The van der Waals surface area contributed by atoms with Crippen LogP contribution in [0.4, 0.5) is 10.5 Å². The highest BCUT2D eigenvalue weighted by Crippen LogP contribution is 2.41. The smallest absolute Gasteiger partial charge is 0.408 e. The van der Waals surface area contributed by atoms with E-state index in [1.165, 1.54) is 12.1 Å². The van der Waals surface area contributed by atoms with E-state index in [2.05, 4.69) is 23.3 Å². The number of ether oxygens (including phenoxy) is 1. The number of alkyl carbamates (subject to hydrolysis) is 1. The number of phenolic OH excluding ortho intramolecular Hbond substituents is 1. The molecule has 3 amide bonds. The molecule has 39 heavy (non-hydrogen) atoms. The minimum Gasteiger partial charge on any atom is -0.508 e. The maximum absolute atomic E-state index is 14.0. The van der Waals surface area contributed by atoms with E-state index in [0.717, 1.165) is 17.2 Å². The van der Waals surface area contributed by atoms with Gasteiger partial charge in [-0.05, 0) is 73.7 Å². The molecule has 0 spiro atoms. The topological polar surface area (TPSA) is 108 Å². The largest absolute Gasteiger partial charge is 0.508 e. The van der Waals surface area contributed by atoms with E-state index in [1.807, 2.05) is 49.4 Å². The molecule has 4 atom stereocenters. The maximum atomic E-state index is 14.0. The third-order valence-corrected chi connectivity index (χ3v) is 6.97. The highest BCUT2D eigenvalue weighted by atomic mass is 32.1. The van der Waals surface area contributed by atoms with Crippen LogP contribution in [0.3, 0.4) is 0 Å². The first-order valence-corrected chi connectivity index (χ1v) is 13.6. The Morgan fingerprint density at radius 3 is 2.28 bits per heavy atom. The zero-order chi connectivity index (χ0) is 28.3. The van der Waals surface area contributed by atoms with Gasteiger partial charge in [0.25, 0.3) is 5.91 Å². The molecule has 3 aromatic carbocycles. The molecular formula is C30H35N3O5S. The molecule has 0 bridgehead atoms. The molecule has 1 saturated carbocycles. The molecule has 1 aliphatic carbocycles. The highest BCUT2D eigenvalue weighted by Gasteiger charge is 2.48. The van der Waals surface area contributed by atoms with Crippen LogP contribution < -0.4 is 10.6 Å². The molecule has 0 aromatic heterocycles. The molecule has 8 nitrogen and oxygen atoms in total. The SMILES string of the molecule is CC1CC1N(C(=O)C(CS)NC(=O)OC(C)(C)C)C(C(=O)Nc1ccc2ccccc2c1)c1ccc(O)cc1. The van der Waals surface area contributed by atoms with E-state index < -0.39 is 35.6 Å². The molecule has 0 heterocycles. The molecule has 9 heteroatoms. The van der Waals surface area contributed by atoms with Gasteiger partial charge in [0.2, 0.25) is 5.91 Å². The first-order chi connectivity index (χ1) is 18.5. The number of amides is 3. The van der Waals surface area contributed by atoms with Crippen molar-refractivity contribution in [3.05, 3.63) is 72.3 Å². The summed E-state index contributed by atoms with van der Waals surface area (Å²) in [4.78, 5) is 42.0. The number of hydrogen-bond donors (Lipinski definition) is 4. The van der Waals surface area contributed by atoms with Crippen molar-refractivity contribution in [2.24, 2.45) is 5.92 Å². The Balaban J connectivity index is 1.68. The molecule has 0 radical (unpaired) electrons. The first-order valence-electron chi connectivity index (χ1n) is 13.0. The third kappa shape index (κ3) is 7.03. The summed E-state index contributed by atoms with van der Waals surface area (Å²) in [5, 5.41) is 17.5. The lowest BCUT2D eigenvalue weighted by Crippen LogP contribution is -2.54. The average Bonchev–Trinajstić information content (AvgIpc) is 3.60. The number of rotatable bonds is 8. The van der Waals surface area contributed by atoms with E-state index in [0.29, 0.717) is 11.3 Å². The lowest BCUT2D eigenvalue weighted by Gasteiger charge is -2.34. The van der Waals surface area contributed by atoms with Crippen LogP contribution in [-0.2, 0) is 14.3 Å². The van der Waals surface area contributed by atoms with Crippen molar-refractivity contribution < 1.29 is 24.2 Å². The van der Waals surface area contributed by atoms with Crippen LogP contribution in [0.1, 0.15) is 45.7 Å². The fourth-order valence-corrected chi connectivity index (χ4v) is 4.81. The van der Waals surface area contributed by atoms with Crippen molar-refractivity contribution >= 4 is 47.0 Å². The quantitative estimate of drug-likeness (QED) is 0.286. The normalized spacial score (nSPS) is 18.1. The van der Waals surface area contributed by atoms with Gasteiger partial charge in [0.05, 0.1) is 0 Å². The molecule has 206 valence electrons. The number of hydrogen-bond acceptors (Lipinski definition) is 6. The summed E-state index contributed by atoms with van der Waals surface area (Å²) < 4.78 is 5.36. The Morgan fingerprint density at radius 1 is 1.05 bits per heavy atom. The fraction of sp³-hybridized carbons (Fsp3) is 0.367. The van der Waals surface area contributed by atoms with Crippen LogP contribution in [0.25, 0.3) is 10.8 Å². The molecule has 4 rings (SSSR count). The Hall–Kier alpha value is -3.72. The van der Waals surface area contributed by atoms with Gasteiger partial charge in [-0.1, -0.05) is 49.4 Å². The number of nitrogens with one attached hydrogen (secondary N) is 2. The zero-order valence-electron chi connectivity index (χ0n) is 22.5. The van der Waals surface area contributed by atoms with Crippen molar-refractivity contribution in [3.8, 4) is 5.75 Å². The standard InChI is InChI=1S/C30H35N3O5S/c1-18-15-25(18)33(28(36)24(17-39)32-29(37)38-30(2,3)4)26(20-10-13-23(34)14-11-20)27(35)31-22-12-9-19-7-5-6-8-21(19)16-22/h5-14,16,18,24-26,34,39H,15,17H2,1-4H3,(H,31,35)(H,32,37). The second-order valence-corrected chi connectivity index (χ2v) is 11.3. The van der Waals surface area contributed by atoms with Crippen LogP contribution in [0, 0.1) is 5.92 Å². The number of carbonyl (C=O) groups is 3. The molecule has 3 aromatic rings. The first kappa shape index (κ1) is 28.3. The van der Waals surface area contributed by atoms with Gasteiger partial charge in [0, 0.05) is 17.5 Å². The van der Waals surface area contributed by atoms with E-state index in [4.69, 9.17) is 4.74 Å². The molecule has 1 aliphatic rings. The van der Waals surface area contributed by atoms with E-state index in [-0.39, 0.29) is 23.5 Å². The Kier molecular flexibility index (Phi) is 8.39. The number of thiol groups is 1. The molecule has 3 N–H and O–H groups in total. The van der Waals surface area contributed by atoms with E-state index in [9.17, 15) is 19.5 Å². The van der Waals surface area contributed by atoms with Crippen molar-refractivity contribution in [1.29, 1.82) is 0 Å². The molecule has 0 aliphatic heterocycles. The number of phenols is 1. The zero-order valence-corrected chi connectivity index (χ0v) is 23.4. The van der Waals surface area contributed by atoms with Crippen LogP contribution >= 0.6 is 12.6 Å². The lowest BCUT2D eigenvalue weighted by molar-refractivity contribution is -0.141. The predicted molar refractivity (Wildman–Crippen MR) is 155 cm³/mol. The second kappa shape index (κ2) is 11.6. The minimum absolute atomic E-state index is 0.0181. The van der Waals surface area contributed by atoms with Crippen LogP contribution in [0.5, 0.6) is 5.75 Å². The summed E-state index contributed by atoms with van der Waals surface area (Å²) in [5.74, 6) is -0.603. The minimum atomic E-state index is -1.01. The van der Waals surface area contributed by atoms with Gasteiger partial charge in [-0.25, -0.2) is 4.79 Å². The molecule has 0 saturated heterocycles. The van der Waals surface area contributed by atoms with Gasteiger partial charge in [0.1, 0.15) is 23.4 Å². The summed E-state index contributed by atoms with van der Waals surface area (Å²) in [5.41, 5.74) is 0.387.